The number of benzene rings is 2. The summed E-state index contributed by atoms with van der Waals surface area (Å²) in [5.41, 5.74) is 22.4. The molecule has 0 fully saturated rings. The van der Waals surface area contributed by atoms with E-state index in [-0.39, 0.29) is 6.61 Å². The molecule has 0 spiro atoms. The van der Waals surface area contributed by atoms with Crippen LogP contribution in [0.25, 0.3) is 0 Å². The van der Waals surface area contributed by atoms with Gasteiger partial charge in [-0.25, -0.2) is 0 Å². The highest BCUT2D eigenvalue weighted by Crippen LogP contribution is 2.22. The van der Waals surface area contributed by atoms with E-state index < -0.39 is 0 Å². The molecule has 0 unspecified atom stereocenters. The van der Waals surface area contributed by atoms with Crippen molar-refractivity contribution in [3.63, 3.8) is 0 Å². The van der Waals surface area contributed by atoms with Gasteiger partial charge in [-0.15, -0.1) is 0 Å². The van der Waals surface area contributed by atoms with Gasteiger partial charge < -0.3 is 27.6 Å². The highest BCUT2D eigenvalue weighted by molar-refractivity contribution is 5.61. The normalized spacial score (nSPS) is 10.4. The van der Waals surface area contributed by atoms with Gasteiger partial charge in [-0.05, 0) is 47.9 Å². The predicted octanol–water partition coefficient (Wildman–Crippen LogP) is 1.58. The molecule has 0 saturated heterocycles. The molecule has 0 atom stereocenters. The molecular weight excluding hydrogens is 252 g/mol. The standard InChI is InChI=1S/C15H20N4O/c16-12-3-4-14(18)11(7-12)9-19-15-8-13(17)2-1-10(15)5-6-20/h1-4,7-8,19-20H,5-6,9,16-18H2. The molecule has 2 aromatic carbocycles. The topological polar surface area (TPSA) is 110 Å². The minimum Gasteiger partial charge on any atom is -0.399 e. The summed E-state index contributed by atoms with van der Waals surface area (Å²) < 4.78 is 0. The van der Waals surface area contributed by atoms with Crippen LogP contribution in [0.4, 0.5) is 22.7 Å². The number of nitrogens with one attached hydrogen (secondary N) is 1. The monoisotopic (exact) mass is 272 g/mol. The summed E-state index contributed by atoms with van der Waals surface area (Å²) in [6.45, 7) is 0.651. The fraction of sp³-hybridized carbons (Fsp3) is 0.200. The Morgan fingerprint density at radius 1 is 0.900 bits per heavy atom. The molecule has 8 N–H and O–H groups in total. The lowest BCUT2D eigenvalue weighted by Gasteiger charge is -2.14. The van der Waals surface area contributed by atoms with E-state index in [0.29, 0.717) is 30.0 Å². The fourth-order valence-corrected chi connectivity index (χ4v) is 2.07. The average Bonchev–Trinajstić information content (AvgIpc) is 2.42. The smallest absolute Gasteiger partial charge is 0.0472 e. The molecule has 106 valence electrons. The first-order valence-corrected chi connectivity index (χ1v) is 6.47. The third-order valence-electron chi connectivity index (χ3n) is 3.15. The number of nitrogens with two attached hydrogens (primary N) is 3. The van der Waals surface area contributed by atoms with E-state index in [9.17, 15) is 0 Å². The largest absolute Gasteiger partial charge is 0.399 e. The van der Waals surface area contributed by atoms with Gasteiger partial charge in [0, 0.05) is 35.9 Å². The molecule has 20 heavy (non-hydrogen) atoms. The van der Waals surface area contributed by atoms with Gasteiger partial charge in [-0.3, -0.25) is 0 Å². The van der Waals surface area contributed by atoms with Crippen LogP contribution in [0.5, 0.6) is 0 Å². The second-order valence-electron chi connectivity index (χ2n) is 4.70. The zero-order valence-corrected chi connectivity index (χ0v) is 11.3. The molecule has 0 amide bonds. The molecule has 2 rings (SSSR count). The molecule has 0 radical (unpaired) electrons. The molecule has 0 heterocycles. The molecule has 0 aliphatic rings. The molecule has 0 aliphatic heterocycles. The maximum absolute atomic E-state index is 9.08. The van der Waals surface area contributed by atoms with Crippen molar-refractivity contribution in [1.29, 1.82) is 0 Å². The number of hydrogen-bond donors (Lipinski definition) is 5. The summed E-state index contributed by atoms with van der Waals surface area (Å²) in [5.74, 6) is 0. The van der Waals surface area contributed by atoms with E-state index in [1.54, 1.807) is 12.1 Å². The number of rotatable bonds is 5. The van der Waals surface area contributed by atoms with Gasteiger partial charge in [0.05, 0.1) is 0 Å². The Bertz CT molecular complexity index is 598. The van der Waals surface area contributed by atoms with E-state index in [2.05, 4.69) is 5.32 Å². The second kappa shape index (κ2) is 6.16. The number of aliphatic hydroxyl groups excluding tert-OH is 1. The van der Waals surface area contributed by atoms with Crippen LogP contribution in [0.1, 0.15) is 11.1 Å². The zero-order chi connectivity index (χ0) is 14.5. The predicted molar refractivity (Wildman–Crippen MR) is 84.2 cm³/mol. The van der Waals surface area contributed by atoms with Gasteiger partial charge in [-0.1, -0.05) is 6.07 Å². The summed E-state index contributed by atoms with van der Waals surface area (Å²) in [4.78, 5) is 0. The van der Waals surface area contributed by atoms with Gasteiger partial charge in [0.1, 0.15) is 0 Å². The Morgan fingerprint density at radius 3 is 2.35 bits per heavy atom. The van der Waals surface area contributed by atoms with E-state index in [4.69, 9.17) is 22.3 Å². The number of nitrogen functional groups attached to an aromatic ring is 3. The van der Waals surface area contributed by atoms with Crippen molar-refractivity contribution in [1.82, 2.24) is 0 Å². The number of anilines is 4. The Hall–Kier alpha value is -2.40. The molecule has 0 aliphatic carbocycles. The summed E-state index contributed by atoms with van der Waals surface area (Å²) in [7, 11) is 0. The van der Waals surface area contributed by atoms with Crippen molar-refractivity contribution in [2.24, 2.45) is 0 Å². The first-order valence-electron chi connectivity index (χ1n) is 6.47. The Kier molecular flexibility index (Phi) is 4.32. The third-order valence-corrected chi connectivity index (χ3v) is 3.15. The minimum absolute atomic E-state index is 0.0963. The van der Waals surface area contributed by atoms with Crippen molar-refractivity contribution < 1.29 is 5.11 Å². The van der Waals surface area contributed by atoms with Crippen molar-refractivity contribution in [3.05, 3.63) is 47.5 Å². The van der Waals surface area contributed by atoms with Crippen LogP contribution in [-0.4, -0.2) is 11.7 Å². The molecule has 5 heteroatoms. The van der Waals surface area contributed by atoms with Gasteiger partial charge in [-0.2, -0.15) is 0 Å². The van der Waals surface area contributed by atoms with Gasteiger partial charge in [0.2, 0.25) is 0 Å². The second-order valence-corrected chi connectivity index (χ2v) is 4.70. The fourth-order valence-electron chi connectivity index (χ4n) is 2.07. The van der Waals surface area contributed by atoms with Crippen LogP contribution in [0.2, 0.25) is 0 Å². The van der Waals surface area contributed by atoms with Gasteiger partial charge in [0.15, 0.2) is 0 Å². The van der Waals surface area contributed by atoms with Gasteiger partial charge >= 0.3 is 0 Å². The van der Waals surface area contributed by atoms with Gasteiger partial charge in [0.25, 0.3) is 0 Å². The van der Waals surface area contributed by atoms with Crippen LogP contribution < -0.4 is 22.5 Å². The first-order chi connectivity index (χ1) is 9.60. The molecule has 0 saturated carbocycles. The zero-order valence-electron chi connectivity index (χ0n) is 11.3. The quantitative estimate of drug-likeness (QED) is 0.531. The van der Waals surface area contributed by atoms with Crippen molar-refractivity contribution in [2.75, 3.05) is 29.1 Å². The van der Waals surface area contributed by atoms with Crippen LogP contribution in [0, 0.1) is 0 Å². The molecule has 0 bridgehead atoms. The molecule has 5 nitrogen and oxygen atoms in total. The maximum Gasteiger partial charge on any atom is 0.0472 e. The van der Waals surface area contributed by atoms with E-state index in [1.807, 2.05) is 24.3 Å². The molecule has 2 aromatic rings. The summed E-state index contributed by atoms with van der Waals surface area (Å²) in [6, 6.07) is 11.0. The highest BCUT2D eigenvalue weighted by Gasteiger charge is 2.05. The Balaban J connectivity index is 2.17. The Morgan fingerprint density at radius 2 is 1.60 bits per heavy atom. The van der Waals surface area contributed by atoms with Crippen LogP contribution in [0.15, 0.2) is 36.4 Å². The molecule has 0 aromatic heterocycles. The minimum atomic E-state index is 0.0963. The number of aliphatic hydroxyl groups is 1. The van der Waals surface area contributed by atoms with Crippen molar-refractivity contribution in [2.45, 2.75) is 13.0 Å². The van der Waals surface area contributed by atoms with Crippen molar-refractivity contribution in [3.8, 4) is 0 Å². The Labute approximate surface area is 118 Å². The maximum atomic E-state index is 9.08. The summed E-state index contributed by atoms with van der Waals surface area (Å²) >= 11 is 0. The first kappa shape index (κ1) is 14.0. The van der Waals surface area contributed by atoms with E-state index in [0.717, 1.165) is 16.8 Å². The summed E-state index contributed by atoms with van der Waals surface area (Å²) in [6.07, 6.45) is 0.578. The summed E-state index contributed by atoms with van der Waals surface area (Å²) in [5, 5.41) is 12.4. The van der Waals surface area contributed by atoms with E-state index in [1.165, 1.54) is 0 Å². The average molecular weight is 272 g/mol. The highest BCUT2D eigenvalue weighted by atomic mass is 16.2. The van der Waals surface area contributed by atoms with Crippen LogP contribution >= 0.6 is 0 Å². The van der Waals surface area contributed by atoms with E-state index >= 15 is 0 Å². The van der Waals surface area contributed by atoms with Crippen molar-refractivity contribution >= 4 is 22.7 Å². The third kappa shape index (κ3) is 3.33. The lowest BCUT2D eigenvalue weighted by Crippen LogP contribution is -2.07. The lowest BCUT2D eigenvalue weighted by molar-refractivity contribution is 0.300. The number of hydrogen-bond acceptors (Lipinski definition) is 5. The van der Waals surface area contributed by atoms with Crippen LogP contribution in [-0.2, 0) is 13.0 Å². The SMILES string of the molecule is Nc1ccc(N)c(CNc2cc(N)ccc2CCO)c1. The van der Waals surface area contributed by atoms with Crippen LogP contribution in [0.3, 0.4) is 0 Å². The lowest BCUT2D eigenvalue weighted by atomic mass is 10.1. The molecular formula is C15H20N4O.